The maximum Gasteiger partial charge on any atom is 0.335 e. The van der Waals surface area contributed by atoms with Gasteiger partial charge >= 0.3 is 17.9 Å². The molecule has 0 fully saturated rings. The van der Waals surface area contributed by atoms with E-state index in [9.17, 15) is 14.4 Å². The van der Waals surface area contributed by atoms with E-state index >= 15 is 0 Å². The van der Waals surface area contributed by atoms with Crippen LogP contribution in [-0.4, -0.2) is 39.3 Å². The predicted molar refractivity (Wildman–Crippen MR) is 68.5 cm³/mol. The molecule has 0 aromatic heterocycles. The van der Waals surface area contributed by atoms with E-state index in [1.807, 2.05) is 0 Å². The monoisotopic (exact) mass is 281 g/mol. The molecule has 0 aliphatic rings. The molecule has 1 unspecified atom stereocenters. The highest BCUT2D eigenvalue weighted by Gasteiger charge is 2.18. The van der Waals surface area contributed by atoms with Gasteiger partial charge in [0.1, 0.15) is 6.04 Å². The van der Waals surface area contributed by atoms with Crippen LogP contribution in [-0.2, 0) is 16.1 Å². The molecule has 0 saturated carbocycles. The number of hydrogen-bond acceptors (Lipinski definition) is 4. The first-order chi connectivity index (χ1) is 9.40. The van der Waals surface area contributed by atoms with E-state index in [2.05, 4.69) is 5.32 Å². The molecular formula is C13H15NO6. The first-order valence-corrected chi connectivity index (χ1v) is 5.90. The van der Waals surface area contributed by atoms with Crippen LogP contribution in [0.4, 0.5) is 0 Å². The van der Waals surface area contributed by atoms with Crippen molar-refractivity contribution in [1.29, 1.82) is 0 Å². The van der Waals surface area contributed by atoms with Crippen molar-refractivity contribution in [2.75, 3.05) is 0 Å². The Hall–Kier alpha value is -2.41. The smallest absolute Gasteiger partial charge is 0.335 e. The number of carboxylic acids is 3. The predicted octanol–water partition coefficient (Wildman–Crippen LogP) is 0.792. The molecule has 108 valence electrons. The van der Waals surface area contributed by atoms with Crippen molar-refractivity contribution < 1.29 is 29.7 Å². The summed E-state index contributed by atoms with van der Waals surface area (Å²) in [5.41, 5.74) is 0.730. The zero-order chi connectivity index (χ0) is 15.1. The van der Waals surface area contributed by atoms with Crippen molar-refractivity contribution >= 4 is 17.9 Å². The fourth-order valence-corrected chi connectivity index (χ4v) is 1.64. The van der Waals surface area contributed by atoms with Gasteiger partial charge in [0, 0.05) is 13.0 Å². The van der Waals surface area contributed by atoms with Crippen LogP contribution in [0, 0.1) is 0 Å². The van der Waals surface area contributed by atoms with Crippen LogP contribution in [0.2, 0.25) is 0 Å². The van der Waals surface area contributed by atoms with Crippen LogP contribution in [0.25, 0.3) is 0 Å². The second-order valence-electron chi connectivity index (χ2n) is 4.21. The summed E-state index contributed by atoms with van der Waals surface area (Å²) in [6, 6.07) is 5.11. The molecule has 0 amide bonds. The van der Waals surface area contributed by atoms with E-state index in [1.54, 1.807) is 12.1 Å². The van der Waals surface area contributed by atoms with Gasteiger partial charge in [-0.05, 0) is 24.1 Å². The Morgan fingerprint density at radius 1 is 1.15 bits per heavy atom. The maximum absolute atomic E-state index is 11.0. The number of carboxylic acid groups (broad SMARTS) is 3. The SMILES string of the molecule is O=C(O)CCC(NCc1cccc(C(=O)O)c1)C(=O)O. The minimum absolute atomic E-state index is 0.0384. The highest BCUT2D eigenvalue weighted by atomic mass is 16.4. The molecule has 0 aliphatic heterocycles. The lowest BCUT2D eigenvalue weighted by atomic mass is 10.1. The minimum atomic E-state index is -1.14. The maximum atomic E-state index is 11.0. The zero-order valence-corrected chi connectivity index (χ0v) is 10.6. The lowest BCUT2D eigenvalue weighted by Crippen LogP contribution is -2.36. The molecule has 0 radical (unpaired) electrons. The molecule has 7 nitrogen and oxygen atoms in total. The van der Waals surface area contributed by atoms with Crippen molar-refractivity contribution in [3.63, 3.8) is 0 Å². The first kappa shape index (κ1) is 15.6. The lowest BCUT2D eigenvalue weighted by molar-refractivity contribution is -0.140. The van der Waals surface area contributed by atoms with Gasteiger partial charge in [0.25, 0.3) is 0 Å². The summed E-state index contributed by atoms with van der Waals surface area (Å²) in [6.45, 7) is 0.151. The number of aromatic carboxylic acids is 1. The molecule has 20 heavy (non-hydrogen) atoms. The summed E-state index contributed by atoms with van der Waals surface area (Å²) in [4.78, 5) is 32.2. The number of rotatable bonds is 8. The number of benzene rings is 1. The Kier molecular flexibility index (Phi) is 5.67. The third-order valence-corrected chi connectivity index (χ3v) is 2.67. The summed E-state index contributed by atoms with van der Waals surface area (Å²) in [5.74, 6) is -3.26. The fraction of sp³-hybridized carbons (Fsp3) is 0.308. The molecule has 1 aromatic rings. The Morgan fingerprint density at radius 2 is 1.85 bits per heavy atom. The van der Waals surface area contributed by atoms with Crippen LogP contribution in [0.1, 0.15) is 28.8 Å². The van der Waals surface area contributed by atoms with Crippen LogP contribution < -0.4 is 5.32 Å². The molecular weight excluding hydrogens is 266 g/mol. The Labute approximate surface area is 114 Å². The van der Waals surface area contributed by atoms with Crippen molar-refractivity contribution in [3.05, 3.63) is 35.4 Å². The number of carbonyl (C=O) groups is 3. The van der Waals surface area contributed by atoms with Gasteiger partial charge in [-0.2, -0.15) is 0 Å². The van der Waals surface area contributed by atoms with Crippen molar-refractivity contribution in [3.8, 4) is 0 Å². The second kappa shape index (κ2) is 7.25. The van der Waals surface area contributed by atoms with Gasteiger partial charge in [0.2, 0.25) is 0 Å². The van der Waals surface area contributed by atoms with Crippen LogP contribution in [0.5, 0.6) is 0 Å². The molecule has 1 atom stereocenters. The number of aliphatic carboxylic acids is 2. The van der Waals surface area contributed by atoms with Crippen molar-refractivity contribution in [1.82, 2.24) is 5.32 Å². The first-order valence-electron chi connectivity index (χ1n) is 5.90. The van der Waals surface area contributed by atoms with Crippen molar-refractivity contribution in [2.24, 2.45) is 0 Å². The van der Waals surface area contributed by atoms with E-state index in [0.29, 0.717) is 5.56 Å². The third kappa shape index (κ3) is 5.07. The number of hydrogen-bond donors (Lipinski definition) is 4. The molecule has 0 bridgehead atoms. The highest BCUT2D eigenvalue weighted by molar-refractivity contribution is 5.87. The molecule has 0 aliphatic carbocycles. The van der Waals surface area contributed by atoms with Gasteiger partial charge in [-0.15, -0.1) is 0 Å². The van der Waals surface area contributed by atoms with Gasteiger partial charge < -0.3 is 20.6 Å². The van der Waals surface area contributed by atoms with Gasteiger partial charge in [0.05, 0.1) is 5.56 Å². The Bertz CT molecular complexity index is 513. The molecule has 0 saturated heterocycles. The van der Waals surface area contributed by atoms with Crippen molar-refractivity contribution in [2.45, 2.75) is 25.4 Å². The normalized spacial score (nSPS) is 11.8. The molecule has 0 heterocycles. The molecule has 1 aromatic carbocycles. The summed E-state index contributed by atoms with van der Waals surface area (Å²) in [7, 11) is 0. The van der Waals surface area contributed by atoms with Crippen LogP contribution in [0.3, 0.4) is 0 Å². The lowest BCUT2D eigenvalue weighted by Gasteiger charge is -2.13. The average molecular weight is 281 g/mol. The fourth-order valence-electron chi connectivity index (χ4n) is 1.64. The quantitative estimate of drug-likeness (QED) is 0.555. The summed E-state index contributed by atoms with van der Waals surface area (Å²) in [5, 5.41) is 29.0. The van der Waals surface area contributed by atoms with E-state index in [1.165, 1.54) is 12.1 Å². The van der Waals surface area contributed by atoms with E-state index in [0.717, 1.165) is 0 Å². The van der Waals surface area contributed by atoms with Gasteiger partial charge in [-0.3, -0.25) is 9.59 Å². The summed E-state index contributed by atoms with van der Waals surface area (Å²) >= 11 is 0. The highest BCUT2D eigenvalue weighted by Crippen LogP contribution is 2.06. The molecule has 1 rings (SSSR count). The number of nitrogens with one attached hydrogen (secondary N) is 1. The minimum Gasteiger partial charge on any atom is -0.481 e. The van der Waals surface area contributed by atoms with E-state index in [-0.39, 0.29) is 24.9 Å². The van der Waals surface area contributed by atoms with Crippen LogP contribution in [0.15, 0.2) is 24.3 Å². The van der Waals surface area contributed by atoms with E-state index in [4.69, 9.17) is 15.3 Å². The third-order valence-electron chi connectivity index (χ3n) is 2.67. The summed E-state index contributed by atoms with van der Waals surface area (Å²) < 4.78 is 0. The summed E-state index contributed by atoms with van der Waals surface area (Å²) in [6.07, 6.45) is -0.289. The Balaban J connectivity index is 2.62. The van der Waals surface area contributed by atoms with E-state index < -0.39 is 23.9 Å². The average Bonchev–Trinajstić information content (AvgIpc) is 2.38. The van der Waals surface area contributed by atoms with Crippen LogP contribution >= 0.6 is 0 Å². The van der Waals surface area contributed by atoms with Gasteiger partial charge in [-0.1, -0.05) is 12.1 Å². The standard InChI is InChI=1S/C13H15NO6/c15-11(16)5-4-10(13(19)20)14-7-8-2-1-3-9(6-8)12(17)18/h1-3,6,10,14H,4-5,7H2,(H,15,16)(H,17,18)(H,19,20). The zero-order valence-electron chi connectivity index (χ0n) is 10.6. The second-order valence-corrected chi connectivity index (χ2v) is 4.21. The molecule has 7 heteroatoms. The van der Waals surface area contributed by atoms with Gasteiger partial charge in [0.15, 0.2) is 0 Å². The largest absolute Gasteiger partial charge is 0.481 e. The molecule has 4 N–H and O–H groups in total. The van der Waals surface area contributed by atoms with Gasteiger partial charge in [-0.25, -0.2) is 4.79 Å². The topological polar surface area (TPSA) is 124 Å². The molecule has 0 spiro atoms. The Morgan fingerprint density at radius 3 is 2.40 bits per heavy atom.